The number of aryl methyl sites for hydroxylation is 2. The van der Waals surface area contributed by atoms with Crippen molar-refractivity contribution in [3.63, 3.8) is 0 Å². The van der Waals surface area contributed by atoms with Gasteiger partial charge in [-0.25, -0.2) is 0 Å². The van der Waals surface area contributed by atoms with Crippen molar-refractivity contribution < 1.29 is 14.3 Å². The van der Waals surface area contributed by atoms with Gasteiger partial charge in [0, 0.05) is 16.9 Å². The molecule has 0 radical (unpaired) electrons. The fraction of sp³-hybridized carbons (Fsp3) is 0.148. The molecule has 6 nitrogen and oxygen atoms in total. The Kier molecular flexibility index (Phi) is 7.61. The lowest BCUT2D eigenvalue weighted by atomic mass is 10.1. The Hall–Kier alpha value is -4.37. The molecule has 0 atom stereocenters. The quantitative estimate of drug-likeness (QED) is 0.392. The molecule has 0 aliphatic carbocycles. The van der Waals surface area contributed by atoms with E-state index in [2.05, 4.69) is 10.6 Å². The fourth-order valence-electron chi connectivity index (χ4n) is 3.17. The van der Waals surface area contributed by atoms with Gasteiger partial charge in [0.1, 0.15) is 17.4 Å². The Morgan fingerprint density at radius 1 is 0.970 bits per heavy atom. The topological polar surface area (TPSA) is 91.2 Å². The molecule has 0 aliphatic heterocycles. The monoisotopic (exact) mass is 439 g/mol. The standard InChI is InChI=1S/C27H25N3O3/c1-18-8-6-11-23(14-18)29-27(32)22(16-28)15-21-10-4-5-13-25(21)33-17-26(31)30-24-12-7-9-19(2)20(24)3/h4-15H,17H2,1-3H3,(H,29,32)(H,30,31)/b22-15+. The van der Waals surface area contributed by atoms with Gasteiger partial charge in [-0.2, -0.15) is 5.26 Å². The van der Waals surface area contributed by atoms with Crippen molar-refractivity contribution in [2.24, 2.45) is 0 Å². The molecule has 0 saturated heterocycles. The van der Waals surface area contributed by atoms with Crippen LogP contribution in [0.5, 0.6) is 5.75 Å². The molecule has 33 heavy (non-hydrogen) atoms. The first-order valence-corrected chi connectivity index (χ1v) is 10.4. The summed E-state index contributed by atoms with van der Waals surface area (Å²) in [6.45, 7) is 5.62. The second kappa shape index (κ2) is 10.8. The largest absolute Gasteiger partial charge is 0.483 e. The van der Waals surface area contributed by atoms with Crippen molar-refractivity contribution in [1.29, 1.82) is 5.26 Å². The van der Waals surface area contributed by atoms with Crippen LogP contribution in [0.25, 0.3) is 6.08 Å². The van der Waals surface area contributed by atoms with E-state index in [0.29, 0.717) is 17.0 Å². The molecule has 0 heterocycles. The zero-order valence-electron chi connectivity index (χ0n) is 18.8. The molecule has 0 aromatic heterocycles. The summed E-state index contributed by atoms with van der Waals surface area (Å²) in [6.07, 6.45) is 1.45. The number of rotatable bonds is 7. The molecule has 3 aromatic carbocycles. The first-order chi connectivity index (χ1) is 15.9. The Bertz CT molecular complexity index is 1260. The molecule has 3 aromatic rings. The zero-order chi connectivity index (χ0) is 23.8. The van der Waals surface area contributed by atoms with Crippen molar-refractivity contribution >= 4 is 29.3 Å². The number of amides is 2. The van der Waals surface area contributed by atoms with Crippen molar-refractivity contribution in [1.82, 2.24) is 0 Å². The van der Waals surface area contributed by atoms with Gasteiger partial charge in [0.15, 0.2) is 6.61 Å². The van der Waals surface area contributed by atoms with Crippen LogP contribution in [0, 0.1) is 32.1 Å². The van der Waals surface area contributed by atoms with Gasteiger partial charge in [-0.15, -0.1) is 0 Å². The summed E-state index contributed by atoms with van der Waals surface area (Å²) in [7, 11) is 0. The molecule has 3 rings (SSSR count). The van der Waals surface area contributed by atoms with Crippen LogP contribution in [0.1, 0.15) is 22.3 Å². The third-order valence-electron chi connectivity index (χ3n) is 5.10. The van der Waals surface area contributed by atoms with Gasteiger partial charge in [0.25, 0.3) is 11.8 Å². The van der Waals surface area contributed by atoms with Gasteiger partial charge in [-0.1, -0.05) is 42.5 Å². The zero-order valence-corrected chi connectivity index (χ0v) is 18.8. The maximum Gasteiger partial charge on any atom is 0.266 e. The van der Waals surface area contributed by atoms with Crippen molar-refractivity contribution in [2.75, 3.05) is 17.2 Å². The molecule has 0 aliphatic rings. The number of nitrogens with one attached hydrogen (secondary N) is 2. The molecular formula is C27H25N3O3. The van der Waals surface area contributed by atoms with Gasteiger partial charge in [0.2, 0.25) is 0 Å². The van der Waals surface area contributed by atoms with Gasteiger partial charge >= 0.3 is 0 Å². The maximum atomic E-state index is 12.6. The Morgan fingerprint density at radius 3 is 2.48 bits per heavy atom. The number of ether oxygens (including phenoxy) is 1. The molecule has 0 saturated carbocycles. The Labute approximate surface area is 193 Å². The van der Waals surface area contributed by atoms with E-state index in [4.69, 9.17) is 4.74 Å². The summed E-state index contributed by atoms with van der Waals surface area (Å²) < 4.78 is 5.70. The molecule has 166 valence electrons. The number of nitriles is 1. The second-order valence-corrected chi connectivity index (χ2v) is 7.62. The van der Waals surface area contributed by atoms with Crippen LogP contribution in [-0.2, 0) is 9.59 Å². The lowest BCUT2D eigenvalue weighted by Crippen LogP contribution is -2.21. The van der Waals surface area contributed by atoms with Crippen LogP contribution in [0.2, 0.25) is 0 Å². The van der Waals surface area contributed by atoms with Gasteiger partial charge in [-0.3, -0.25) is 9.59 Å². The van der Waals surface area contributed by atoms with Crippen LogP contribution < -0.4 is 15.4 Å². The molecular weight excluding hydrogens is 414 g/mol. The predicted molar refractivity (Wildman–Crippen MR) is 130 cm³/mol. The lowest BCUT2D eigenvalue weighted by molar-refractivity contribution is -0.118. The molecule has 2 N–H and O–H groups in total. The first kappa shape index (κ1) is 23.3. The normalized spacial score (nSPS) is 10.8. The Balaban J connectivity index is 1.71. The van der Waals surface area contributed by atoms with Crippen LogP contribution in [-0.4, -0.2) is 18.4 Å². The third kappa shape index (κ3) is 6.31. The number of carbonyl (C=O) groups is 2. The van der Waals surface area contributed by atoms with E-state index < -0.39 is 5.91 Å². The van der Waals surface area contributed by atoms with Crippen molar-refractivity contribution in [3.05, 3.63) is 94.6 Å². The minimum atomic E-state index is -0.523. The number of nitrogens with zero attached hydrogens (tertiary/aromatic N) is 1. The SMILES string of the molecule is Cc1cccc(NC(=O)/C(C#N)=C/c2ccccc2OCC(=O)Nc2cccc(C)c2C)c1. The van der Waals surface area contributed by atoms with E-state index >= 15 is 0 Å². The second-order valence-electron chi connectivity index (χ2n) is 7.62. The van der Waals surface area contributed by atoms with E-state index in [1.54, 1.807) is 30.3 Å². The summed E-state index contributed by atoms with van der Waals surface area (Å²) >= 11 is 0. The van der Waals surface area contributed by atoms with E-state index in [0.717, 1.165) is 22.4 Å². The summed E-state index contributed by atoms with van der Waals surface area (Å²) in [6, 6.07) is 21.9. The number of hydrogen-bond acceptors (Lipinski definition) is 4. The third-order valence-corrected chi connectivity index (χ3v) is 5.10. The molecule has 0 unspecified atom stereocenters. The number of anilines is 2. The van der Waals surface area contributed by atoms with E-state index in [1.807, 2.05) is 63.2 Å². The molecule has 0 bridgehead atoms. The highest BCUT2D eigenvalue weighted by Gasteiger charge is 2.13. The molecule has 0 spiro atoms. The van der Waals surface area contributed by atoms with Crippen LogP contribution in [0.3, 0.4) is 0 Å². The highest BCUT2D eigenvalue weighted by molar-refractivity contribution is 6.09. The highest BCUT2D eigenvalue weighted by atomic mass is 16.5. The van der Waals surface area contributed by atoms with Gasteiger partial charge < -0.3 is 15.4 Å². The average molecular weight is 440 g/mol. The van der Waals surface area contributed by atoms with E-state index in [9.17, 15) is 14.9 Å². The Morgan fingerprint density at radius 2 is 1.73 bits per heavy atom. The van der Waals surface area contributed by atoms with Gasteiger partial charge in [0.05, 0.1) is 0 Å². The number of hydrogen-bond donors (Lipinski definition) is 2. The summed E-state index contributed by atoms with van der Waals surface area (Å²) in [5.41, 5.74) is 4.85. The van der Waals surface area contributed by atoms with Crippen molar-refractivity contribution in [3.8, 4) is 11.8 Å². The average Bonchev–Trinajstić information content (AvgIpc) is 2.79. The highest BCUT2D eigenvalue weighted by Crippen LogP contribution is 2.22. The van der Waals surface area contributed by atoms with Gasteiger partial charge in [-0.05, 0) is 67.8 Å². The predicted octanol–water partition coefficient (Wildman–Crippen LogP) is 5.18. The summed E-state index contributed by atoms with van der Waals surface area (Å²) in [5, 5.41) is 15.1. The smallest absolute Gasteiger partial charge is 0.266 e. The van der Waals surface area contributed by atoms with Crippen LogP contribution in [0.15, 0.2) is 72.3 Å². The summed E-state index contributed by atoms with van der Waals surface area (Å²) in [4.78, 5) is 25.0. The summed E-state index contributed by atoms with van der Waals surface area (Å²) in [5.74, 6) is -0.435. The van der Waals surface area contributed by atoms with E-state index in [1.165, 1.54) is 6.08 Å². The number of carbonyl (C=O) groups excluding carboxylic acids is 2. The molecule has 2 amide bonds. The van der Waals surface area contributed by atoms with Crippen LogP contribution >= 0.6 is 0 Å². The first-order valence-electron chi connectivity index (χ1n) is 10.4. The number of benzene rings is 3. The minimum Gasteiger partial charge on any atom is -0.483 e. The van der Waals surface area contributed by atoms with Crippen LogP contribution in [0.4, 0.5) is 11.4 Å². The van der Waals surface area contributed by atoms with E-state index in [-0.39, 0.29) is 18.1 Å². The minimum absolute atomic E-state index is 0.0765. The fourth-order valence-corrected chi connectivity index (χ4v) is 3.17. The molecule has 0 fully saturated rings. The van der Waals surface area contributed by atoms with Crippen molar-refractivity contribution in [2.45, 2.75) is 20.8 Å². The lowest BCUT2D eigenvalue weighted by Gasteiger charge is -2.12. The maximum absolute atomic E-state index is 12.6. The molecule has 6 heteroatoms. The number of para-hydroxylation sites is 1.